The molecule has 1 aromatic carbocycles. The highest BCUT2D eigenvalue weighted by Gasteiger charge is 2.30. The van der Waals surface area contributed by atoms with Gasteiger partial charge < -0.3 is 11.1 Å². The summed E-state index contributed by atoms with van der Waals surface area (Å²) in [5.74, 6) is 0.255. The summed E-state index contributed by atoms with van der Waals surface area (Å²) < 4.78 is 0. The van der Waals surface area contributed by atoms with Crippen molar-refractivity contribution in [2.45, 2.75) is 43.4 Å². The van der Waals surface area contributed by atoms with Gasteiger partial charge in [-0.2, -0.15) is 0 Å². The van der Waals surface area contributed by atoms with Gasteiger partial charge in [0.15, 0.2) is 0 Å². The predicted molar refractivity (Wildman–Crippen MR) is 94.5 cm³/mol. The van der Waals surface area contributed by atoms with Gasteiger partial charge in [0, 0.05) is 11.4 Å². The predicted octanol–water partition coefficient (Wildman–Crippen LogP) is 3.73. The molecule has 1 rings (SSSR count). The van der Waals surface area contributed by atoms with Gasteiger partial charge in [-0.05, 0) is 31.9 Å². The van der Waals surface area contributed by atoms with E-state index in [0.717, 1.165) is 4.90 Å². The second kappa shape index (κ2) is 8.89. The zero-order chi connectivity index (χ0) is 15.3. The molecule has 6 heteroatoms. The molecule has 0 saturated heterocycles. The van der Waals surface area contributed by atoms with Crippen LogP contribution in [0.5, 0.6) is 0 Å². The summed E-state index contributed by atoms with van der Waals surface area (Å²) in [5.41, 5.74) is 5.41. The van der Waals surface area contributed by atoms with E-state index in [2.05, 4.69) is 19.2 Å². The van der Waals surface area contributed by atoms with Gasteiger partial charge in [0.2, 0.25) is 5.91 Å². The third-order valence-electron chi connectivity index (χ3n) is 3.62. The van der Waals surface area contributed by atoms with Crippen LogP contribution in [0.4, 0.5) is 0 Å². The molecule has 0 aliphatic rings. The fourth-order valence-corrected chi connectivity index (χ4v) is 2.75. The number of carbonyl (C=O) groups is 1. The van der Waals surface area contributed by atoms with Crippen molar-refractivity contribution in [3.8, 4) is 0 Å². The summed E-state index contributed by atoms with van der Waals surface area (Å²) in [5, 5.41) is 3.50. The van der Waals surface area contributed by atoms with E-state index in [1.165, 1.54) is 11.8 Å². The number of thioether (sulfide) groups is 1. The molecule has 1 amide bonds. The van der Waals surface area contributed by atoms with Crippen molar-refractivity contribution in [2.24, 2.45) is 11.7 Å². The Morgan fingerprint density at radius 1 is 1.38 bits per heavy atom. The van der Waals surface area contributed by atoms with E-state index in [-0.39, 0.29) is 35.0 Å². The number of rotatable bonds is 6. The highest BCUT2D eigenvalue weighted by atomic mass is 35.5. The molecule has 0 aliphatic carbocycles. The van der Waals surface area contributed by atoms with E-state index in [1.54, 1.807) is 0 Å². The highest BCUT2D eigenvalue weighted by Crippen LogP contribution is 2.30. The maximum atomic E-state index is 12.3. The molecular weight excluding hydrogens is 327 g/mol. The van der Waals surface area contributed by atoms with Crippen molar-refractivity contribution in [1.29, 1.82) is 0 Å². The van der Waals surface area contributed by atoms with Gasteiger partial charge in [-0.25, -0.2) is 0 Å². The summed E-state index contributed by atoms with van der Waals surface area (Å²) in [6, 6.07) is 7.53. The van der Waals surface area contributed by atoms with Crippen LogP contribution in [0, 0.1) is 5.92 Å². The molecule has 3 N–H and O–H groups in total. The smallest absolute Gasteiger partial charge is 0.233 e. The Balaban J connectivity index is 0.00000400. The molecule has 0 aromatic heterocycles. The molecule has 1 aromatic rings. The summed E-state index contributed by atoms with van der Waals surface area (Å²) >= 11 is 7.57. The number of nitrogens with two attached hydrogens (primary N) is 1. The van der Waals surface area contributed by atoms with Crippen molar-refractivity contribution in [1.82, 2.24) is 5.32 Å². The lowest BCUT2D eigenvalue weighted by Gasteiger charge is -2.34. The van der Waals surface area contributed by atoms with Crippen LogP contribution >= 0.6 is 35.8 Å². The molecule has 0 heterocycles. The lowest BCUT2D eigenvalue weighted by Crippen LogP contribution is -2.56. The second-order valence-corrected chi connectivity index (χ2v) is 7.25. The van der Waals surface area contributed by atoms with Crippen molar-refractivity contribution in [3.05, 3.63) is 29.3 Å². The minimum absolute atomic E-state index is 0. The van der Waals surface area contributed by atoms with Crippen LogP contribution in [0.1, 0.15) is 27.7 Å². The maximum absolute atomic E-state index is 12.3. The monoisotopic (exact) mass is 350 g/mol. The van der Waals surface area contributed by atoms with E-state index >= 15 is 0 Å². The molecular formula is C15H24Cl2N2OS. The molecule has 0 aliphatic heterocycles. The Bertz CT molecular complexity index is 471. The summed E-state index contributed by atoms with van der Waals surface area (Å²) in [6.45, 7) is 8.38. The van der Waals surface area contributed by atoms with Crippen molar-refractivity contribution < 1.29 is 4.79 Å². The largest absolute Gasteiger partial charge is 0.348 e. The average Bonchev–Trinajstić information content (AvgIpc) is 2.40. The second-order valence-electron chi connectivity index (χ2n) is 5.46. The number of benzene rings is 1. The maximum Gasteiger partial charge on any atom is 0.233 e. The molecule has 2 atom stereocenters. The highest BCUT2D eigenvalue weighted by molar-refractivity contribution is 8.00. The summed E-state index contributed by atoms with van der Waals surface area (Å²) in [6.07, 6.45) is 0. The van der Waals surface area contributed by atoms with Gasteiger partial charge in [-0.3, -0.25) is 4.79 Å². The Kier molecular flexibility index (Phi) is 8.71. The van der Waals surface area contributed by atoms with Gasteiger partial charge >= 0.3 is 0 Å². The number of amides is 1. The summed E-state index contributed by atoms with van der Waals surface area (Å²) in [7, 11) is 0. The lowest BCUT2D eigenvalue weighted by atomic mass is 9.88. The fraction of sp³-hybridized carbons (Fsp3) is 0.533. The molecule has 0 fully saturated rings. The minimum Gasteiger partial charge on any atom is -0.348 e. The molecule has 0 bridgehead atoms. The first-order valence-electron chi connectivity index (χ1n) is 6.73. The SMILES string of the molecule is CC(Sc1ccccc1Cl)C(=O)NC(C)(CN)C(C)C.Cl. The van der Waals surface area contributed by atoms with Gasteiger partial charge in [-0.1, -0.05) is 37.6 Å². The Hall–Kier alpha value is -0.420. The Morgan fingerprint density at radius 3 is 2.43 bits per heavy atom. The van der Waals surface area contributed by atoms with Gasteiger partial charge in [0.05, 0.1) is 15.8 Å². The van der Waals surface area contributed by atoms with E-state index in [0.29, 0.717) is 11.6 Å². The standard InChI is InChI=1S/C15H23ClN2OS.ClH/c1-10(2)15(4,9-17)18-14(19)11(3)20-13-8-6-5-7-12(13)16;/h5-8,10-11H,9,17H2,1-4H3,(H,18,19);1H. The minimum atomic E-state index is -0.383. The summed E-state index contributed by atoms with van der Waals surface area (Å²) in [4.78, 5) is 13.2. The van der Waals surface area contributed by atoms with Gasteiger partial charge in [0.25, 0.3) is 0 Å². The normalized spacial score (nSPS) is 15.0. The number of hydrogen-bond acceptors (Lipinski definition) is 3. The van der Waals surface area contributed by atoms with Gasteiger partial charge in [0.1, 0.15) is 0 Å². The molecule has 0 radical (unpaired) electrons. The van der Waals surface area contributed by atoms with Crippen LogP contribution in [0.15, 0.2) is 29.2 Å². The van der Waals surface area contributed by atoms with Crippen LogP contribution in [0.2, 0.25) is 5.02 Å². The zero-order valence-electron chi connectivity index (χ0n) is 12.9. The third kappa shape index (κ3) is 5.70. The number of nitrogens with one attached hydrogen (secondary N) is 1. The first kappa shape index (κ1) is 20.6. The number of halogens is 2. The number of hydrogen-bond donors (Lipinski definition) is 2. The van der Waals surface area contributed by atoms with E-state index in [1.807, 2.05) is 38.1 Å². The zero-order valence-corrected chi connectivity index (χ0v) is 15.2. The molecule has 0 saturated carbocycles. The Morgan fingerprint density at radius 2 is 1.95 bits per heavy atom. The van der Waals surface area contributed by atoms with Crippen LogP contribution in [0.3, 0.4) is 0 Å². The van der Waals surface area contributed by atoms with E-state index < -0.39 is 0 Å². The fourth-order valence-electron chi connectivity index (χ4n) is 1.60. The first-order chi connectivity index (χ1) is 9.30. The quantitative estimate of drug-likeness (QED) is 0.768. The van der Waals surface area contributed by atoms with Crippen LogP contribution in [0.25, 0.3) is 0 Å². The molecule has 120 valence electrons. The molecule has 0 spiro atoms. The average molecular weight is 351 g/mol. The molecule has 2 unspecified atom stereocenters. The Labute approximate surface area is 142 Å². The first-order valence-corrected chi connectivity index (χ1v) is 7.99. The molecule has 21 heavy (non-hydrogen) atoms. The van der Waals surface area contributed by atoms with E-state index in [4.69, 9.17) is 17.3 Å². The van der Waals surface area contributed by atoms with Crippen molar-refractivity contribution in [3.63, 3.8) is 0 Å². The van der Waals surface area contributed by atoms with Crippen LogP contribution < -0.4 is 11.1 Å². The van der Waals surface area contributed by atoms with E-state index in [9.17, 15) is 4.79 Å². The van der Waals surface area contributed by atoms with Crippen LogP contribution in [-0.4, -0.2) is 23.2 Å². The molecule has 3 nitrogen and oxygen atoms in total. The van der Waals surface area contributed by atoms with Crippen molar-refractivity contribution in [2.75, 3.05) is 6.54 Å². The number of carbonyl (C=O) groups excluding carboxylic acids is 1. The van der Waals surface area contributed by atoms with Crippen molar-refractivity contribution >= 4 is 41.7 Å². The van der Waals surface area contributed by atoms with Crippen LogP contribution in [-0.2, 0) is 4.79 Å². The third-order valence-corrected chi connectivity index (χ3v) is 5.24. The lowest BCUT2D eigenvalue weighted by molar-refractivity contribution is -0.122. The van der Waals surface area contributed by atoms with Gasteiger partial charge in [-0.15, -0.1) is 24.2 Å². The topological polar surface area (TPSA) is 55.1 Å².